The fourth-order valence-electron chi connectivity index (χ4n) is 4.53. The van der Waals surface area contributed by atoms with Crippen molar-refractivity contribution in [3.05, 3.63) is 54.1 Å². The first-order valence-electron chi connectivity index (χ1n) is 11.0. The molecule has 4 rings (SSSR count). The molecule has 3 N–H and O–H groups in total. The predicted molar refractivity (Wildman–Crippen MR) is 115 cm³/mol. The minimum Gasteiger partial charge on any atom is -0.486 e. The van der Waals surface area contributed by atoms with Gasteiger partial charge in [0.25, 0.3) is 0 Å². The quantitative estimate of drug-likeness (QED) is 0.520. The summed E-state index contributed by atoms with van der Waals surface area (Å²) in [7, 11) is 0. The van der Waals surface area contributed by atoms with Crippen LogP contribution in [0.3, 0.4) is 0 Å². The summed E-state index contributed by atoms with van der Waals surface area (Å²) < 4.78 is 6.10. The number of hydrogen-bond acceptors (Lipinski definition) is 5. The lowest BCUT2D eigenvalue weighted by Gasteiger charge is -2.41. The molecule has 166 valence electrons. The normalized spacial score (nSPS) is 26.2. The second-order valence-corrected chi connectivity index (χ2v) is 8.50. The Morgan fingerprint density at radius 2 is 2.06 bits per heavy atom. The van der Waals surface area contributed by atoms with Crippen LogP contribution in [-0.2, 0) is 9.59 Å². The van der Waals surface area contributed by atoms with Gasteiger partial charge in [-0.1, -0.05) is 24.3 Å². The maximum Gasteiger partial charge on any atom is 0.247 e. The number of benzene rings is 1. The number of carbonyl (C=O) groups excluding carboxylic acids is 2. The second kappa shape index (κ2) is 9.24. The summed E-state index contributed by atoms with van der Waals surface area (Å²) in [5.41, 5.74) is 1.32. The standard InChI is InChI=1S/C24H30N2O5/c1-2-3-8-20(28)26(14-15-9-10-15)18-13-17(24(30)25-11-12-27)21-16-6-4-5-7-19(16)31-23(21)22(18)29/h2,4-7,13,15,18,21-23,27,29H,1,3,8-12,14H2,(H,25,30)/t18-,21+,22+,23+/m1/s1. The monoisotopic (exact) mass is 426 g/mol. The van der Waals surface area contributed by atoms with Crippen LogP contribution in [0.5, 0.6) is 5.75 Å². The van der Waals surface area contributed by atoms with Gasteiger partial charge in [0, 0.05) is 30.6 Å². The van der Waals surface area contributed by atoms with Gasteiger partial charge in [0.2, 0.25) is 11.8 Å². The average Bonchev–Trinajstić information content (AvgIpc) is 3.52. The average molecular weight is 427 g/mol. The highest BCUT2D eigenvalue weighted by atomic mass is 16.5. The number of ether oxygens (including phenoxy) is 1. The van der Waals surface area contributed by atoms with Crippen LogP contribution in [0.15, 0.2) is 48.6 Å². The molecule has 0 spiro atoms. The zero-order chi connectivity index (χ0) is 22.0. The largest absolute Gasteiger partial charge is 0.486 e. The highest BCUT2D eigenvalue weighted by molar-refractivity contribution is 5.96. The highest BCUT2D eigenvalue weighted by Crippen LogP contribution is 2.47. The summed E-state index contributed by atoms with van der Waals surface area (Å²) >= 11 is 0. The lowest BCUT2D eigenvalue weighted by atomic mass is 9.77. The first-order valence-corrected chi connectivity index (χ1v) is 11.0. The molecule has 0 unspecified atom stereocenters. The van der Waals surface area contributed by atoms with Crippen molar-refractivity contribution in [2.45, 2.75) is 49.9 Å². The minimum atomic E-state index is -0.960. The topological polar surface area (TPSA) is 99.1 Å². The molecule has 2 aliphatic carbocycles. The van der Waals surface area contributed by atoms with Crippen molar-refractivity contribution >= 4 is 11.8 Å². The van der Waals surface area contributed by atoms with Crippen LogP contribution >= 0.6 is 0 Å². The number of hydrogen-bond donors (Lipinski definition) is 3. The zero-order valence-electron chi connectivity index (χ0n) is 17.6. The molecule has 7 heteroatoms. The Bertz CT molecular complexity index is 878. The molecule has 0 saturated heterocycles. The lowest BCUT2D eigenvalue weighted by molar-refractivity contribution is -0.137. The van der Waals surface area contributed by atoms with Gasteiger partial charge in [0.05, 0.1) is 18.6 Å². The van der Waals surface area contributed by atoms with E-state index in [9.17, 15) is 14.7 Å². The molecule has 4 atom stereocenters. The van der Waals surface area contributed by atoms with E-state index in [0.29, 0.717) is 36.6 Å². The van der Waals surface area contributed by atoms with Gasteiger partial charge in [-0.05, 0) is 37.3 Å². The third-order valence-corrected chi connectivity index (χ3v) is 6.27. The van der Waals surface area contributed by atoms with Crippen molar-refractivity contribution in [3.63, 3.8) is 0 Å². The SMILES string of the molecule is C=CCCC(=O)N(CC1CC1)[C@@H]1C=C(C(=O)NCCO)[C@@H]2c3ccccc3O[C@@H]2[C@H]1O. The Morgan fingerprint density at radius 1 is 1.29 bits per heavy atom. The number of allylic oxidation sites excluding steroid dienone is 1. The van der Waals surface area contributed by atoms with E-state index in [-0.39, 0.29) is 25.0 Å². The fourth-order valence-corrected chi connectivity index (χ4v) is 4.53. The summed E-state index contributed by atoms with van der Waals surface area (Å²) in [5.74, 6) is 0.277. The van der Waals surface area contributed by atoms with E-state index in [1.165, 1.54) is 0 Å². The zero-order valence-corrected chi connectivity index (χ0v) is 17.6. The summed E-state index contributed by atoms with van der Waals surface area (Å²) in [6.07, 6.45) is 4.83. The third kappa shape index (κ3) is 4.38. The number of amides is 2. The first-order chi connectivity index (χ1) is 15.0. The third-order valence-electron chi connectivity index (χ3n) is 6.27. The van der Waals surface area contributed by atoms with E-state index >= 15 is 0 Å². The molecular formula is C24H30N2O5. The predicted octanol–water partition coefficient (Wildman–Crippen LogP) is 1.51. The smallest absolute Gasteiger partial charge is 0.247 e. The molecule has 0 bridgehead atoms. The van der Waals surface area contributed by atoms with Gasteiger partial charge in [-0.3, -0.25) is 9.59 Å². The van der Waals surface area contributed by atoms with E-state index in [0.717, 1.165) is 18.4 Å². The van der Waals surface area contributed by atoms with Crippen molar-refractivity contribution in [1.82, 2.24) is 10.2 Å². The molecule has 1 fully saturated rings. The molecule has 1 heterocycles. The number of carbonyl (C=O) groups is 2. The summed E-state index contributed by atoms with van der Waals surface area (Å²) in [4.78, 5) is 27.8. The van der Waals surface area contributed by atoms with Gasteiger partial charge in [-0.25, -0.2) is 0 Å². The van der Waals surface area contributed by atoms with Crippen molar-refractivity contribution < 1.29 is 24.5 Å². The highest BCUT2D eigenvalue weighted by Gasteiger charge is 2.50. The number of para-hydroxylation sites is 1. The van der Waals surface area contributed by atoms with Crippen molar-refractivity contribution in [2.24, 2.45) is 5.92 Å². The Morgan fingerprint density at radius 3 is 2.77 bits per heavy atom. The number of nitrogens with one attached hydrogen (secondary N) is 1. The fraction of sp³-hybridized carbons (Fsp3) is 0.500. The van der Waals surface area contributed by atoms with Gasteiger partial charge in [0.15, 0.2) is 0 Å². The van der Waals surface area contributed by atoms with Crippen LogP contribution in [0.25, 0.3) is 0 Å². The molecule has 0 radical (unpaired) electrons. The number of fused-ring (bicyclic) bond motifs is 3. The molecule has 1 aromatic rings. The summed E-state index contributed by atoms with van der Waals surface area (Å²) in [5, 5.41) is 23.2. The lowest BCUT2D eigenvalue weighted by Crippen LogP contribution is -2.56. The Kier molecular flexibility index (Phi) is 6.43. The van der Waals surface area contributed by atoms with Crippen LogP contribution in [0.2, 0.25) is 0 Å². The Balaban J connectivity index is 1.70. The first kappa shape index (κ1) is 21.6. The molecule has 7 nitrogen and oxygen atoms in total. The van der Waals surface area contributed by atoms with Crippen LogP contribution in [0, 0.1) is 5.92 Å². The second-order valence-electron chi connectivity index (χ2n) is 8.50. The number of nitrogens with zero attached hydrogens (tertiary/aromatic N) is 1. The van der Waals surface area contributed by atoms with Gasteiger partial charge in [0.1, 0.15) is 18.0 Å². The molecule has 3 aliphatic rings. The van der Waals surface area contributed by atoms with Crippen LogP contribution in [0.4, 0.5) is 0 Å². The van der Waals surface area contributed by atoms with Crippen LogP contribution in [0.1, 0.15) is 37.2 Å². The van der Waals surface area contributed by atoms with Gasteiger partial charge in [-0.2, -0.15) is 0 Å². The van der Waals surface area contributed by atoms with Crippen LogP contribution in [-0.4, -0.2) is 64.9 Å². The number of rotatable bonds is 9. The molecule has 31 heavy (non-hydrogen) atoms. The molecule has 1 aliphatic heterocycles. The van der Waals surface area contributed by atoms with Gasteiger partial charge >= 0.3 is 0 Å². The molecule has 0 aromatic heterocycles. The van der Waals surface area contributed by atoms with E-state index in [1.54, 1.807) is 17.1 Å². The summed E-state index contributed by atoms with van der Waals surface area (Å²) in [6, 6.07) is 6.81. The van der Waals surface area contributed by atoms with E-state index < -0.39 is 24.2 Å². The Hall–Kier alpha value is -2.64. The van der Waals surface area contributed by atoms with Gasteiger partial charge in [-0.15, -0.1) is 6.58 Å². The molecular weight excluding hydrogens is 396 g/mol. The van der Waals surface area contributed by atoms with Crippen molar-refractivity contribution in [3.8, 4) is 5.75 Å². The maximum absolute atomic E-state index is 13.0. The maximum atomic E-state index is 13.0. The van der Waals surface area contributed by atoms with Gasteiger partial charge < -0.3 is 25.2 Å². The minimum absolute atomic E-state index is 0.0591. The Labute approximate surface area is 182 Å². The molecule has 2 amide bonds. The summed E-state index contributed by atoms with van der Waals surface area (Å²) in [6.45, 7) is 4.22. The van der Waals surface area contributed by atoms with Crippen molar-refractivity contribution in [2.75, 3.05) is 19.7 Å². The molecule has 1 saturated carbocycles. The van der Waals surface area contributed by atoms with E-state index in [1.807, 2.05) is 24.3 Å². The molecule has 1 aromatic carbocycles. The van der Waals surface area contributed by atoms with E-state index in [2.05, 4.69) is 11.9 Å². The van der Waals surface area contributed by atoms with Crippen LogP contribution < -0.4 is 10.1 Å². The number of aliphatic hydroxyl groups is 2. The van der Waals surface area contributed by atoms with Crippen molar-refractivity contribution in [1.29, 1.82) is 0 Å². The number of aliphatic hydroxyl groups excluding tert-OH is 2. The van der Waals surface area contributed by atoms with E-state index in [4.69, 9.17) is 9.84 Å².